The van der Waals surface area contributed by atoms with Gasteiger partial charge in [0.25, 0.3) is 0 Å². The van der Waals surface area contributed by atoms with Crippen molar-refractivity contribution in [2.24, 2.45) is 0 Å². The van der Waals surface area contributed by atoms with Crippen LogP contribution in [0.5, 0.6) is 0 Å². The molecule has 0 amide bonds. The summed E-state index contributed by atoms with van der Waals surface area (Å²) in [6.45, 7) is 0. The molecule has 0 atom stereocenters. The van der Waals surface area contributed by atoms with Crippen LogP contribution in [0.15, 0.2) is 188 Å². The molecule has 3 heteroatoms. The standard InChI is InChI=1S/C48H31NS2/c1-3-13-33(14-4-1)37-17-7-10-20-43(37)49(36-26-23-32(24-27-36)35-25-30-46-42(31-35)40-19-9-11-21-44(40)50-46)47-38(34-15-5-2-6-16-34)28-29-41-39-18-8-12-22-45(39)51-48(41)47/h1-31H. The molecule has 0 N–H and O–H groups in total. The fraction of sp³-hybridized carbons (Fsp3) is 0. The third-order valence-corrected chi connectivity index (χ3v) is 12.2. The zero-order chi connectivity index (χ0) is 33.7. The highest BCUT2D eigenvalue weighted by Gasteiger charge is 2.24. The number of para-hydroxylation sites is 1. The van der Waals surface area contributed by atoms with Gasteiger partial charge in [-0.2, -0.15) is 0 Å². The highest BCUT2D eigenvalue weighted by Crippen LogP contribution is 2.51. The molecule has 0 saturated heterocycles. The van der Waals surface area contributed by atoms with Crippen LogP contribution in [0.25, 0.3) is 73.7 Å². The molecule has 1 nitrogen and oxygen atoms in total. The molecule has 0 aliphatic rings. The predicted octanol–water partition coefficient (Wildman–Crippen LogP) is 14.9. The summed E-state index contributed by atoms with van der Waals surface area (Å²) in [5.41, 5.74) is 10.7. The van der Waals surface area contributed by atoms with Gasteiger partial charge in [0, 0.05) is 52.5 Å². The van der Waals surface area contributed by atoms with E-state index in [1.165, 1.54) is 79.4 Å². The molecule has 0 spiro atoms. The van der Waals surface area contributed by atoms with E-state index in [4.69, 9.17) is 0 Å². The van der Waals surface area contributed by atoms with Gasteiger partial charge in [-0.1, -0.05) is 146 Å². The molecule has 0 saturated carbocycles. The summed E-state index contributed by atoms with van der Waals surface area (Å²) >= 11 is 3.74. The SMILES string of the molecule is c1ccc(-c2ccccc2N(c2ccc(-c3ccc4sc5ccccc5c4c3)cc2)c2c(-c3ccccc3)ccc3c2sc2ccccc23)cc1. The largest absolute Gasteiger partial charge is 0.308 e. The number of fused-ring (bicyclic) bond motifs is 6. The van der Waals surface area contributed by atoms with Crippen molar-refractivity contribution in [3.05, 3.63) is 188 Å². The lowest BCUT2D eigenvalue weighted by Gasteiger charge is -2.30. The van der Waals surface area contributed by atoms with Gasteiger partial charge in [-0.15, -0.1) is 22.7 Å². The normalized spacial score (nSPS) is 11.5. The molecular weight excluding hydrogens is 655 g/mol. The van der Waals surface area contributed by atoms with Gasteiger partial charge < -0.3 is 4.90 Å². The van der Waals surface area contributed by atoms with E-state index in [2.05, 4.69) is 193 Å². The van der Waals surface area contributed by atoms with Crippen LogP contribution in [0.4, 0.5) is 17.1 Å². The van der Waals surface area contributed by atoms with Crippen molar-refractivity contribution in [2.75, 3.05) is 4.90 Å². The molecule has 2 aromatic heterocycles. The minimum atomic E-state index is 1.12. The molecular formula is C48H31NS2. The second-order valence-corrected chi connectivity index (χ2v) is 15.0. The number of hydrogen-bond donors (Lipinski definition) is 0. The van der Waals surface area contributed by atoms with E-state index in [-0.39, 0.29) is 0 Å². The number of hydrogen-bond acceptors (Lipinski definition) is 3. The lowest BCUT2D eigenvalue weighted by molar-refractivity contribution is 1.30. The minimum Gasteiger partial charge on any atom is -0.308 e. The molecule has 240 valence electrons. The monoisotopic (exact) mass is 685 g/mol. The van der Waals surface area contributed by atoms with Crippen molar-refractivity contribution < 1.29 is 0 Å². The van der Waals surface area contributed by atoms with E-state index in [0.29, 0.717) is 0 Å². The smallest absolute Gasteiger partial charge is 0.0718 e. The maximum atomic E-state index is 2.50. The van der Waals surface area contributed by atoms with E-state index >= 15 is 0 Å². The first-order valence-corrected chi connectivity index (χ1v) is 18.9. The second kappa shape index (κ2) is 12.4. The van der Waals surface area contributed by atoms with Crippen molar-refractivity contribution >= 4 is 80.1 Å². The van der Waals surface area contributed by atoms with Crippen LogP contribution in [0.2, 0.25) is 0 Å². The Hall–Kier alpha value is -6.00. The summed E-state index contributed by atoms with van der Waals surface area (Å²) in [5, 5.41) is 5.21. The minimum absolute atomic E-state index is 1.12. The van der Waals surface area contributed by atoms with E-state index in [9.17, 15) is 0 Å². The lowest BCUT2D eigenvalue weighted by atomic mass is 9.97. The van der Waals surface area contributed by atoms with Gasteiger partial charge in [0.1, 0.15) is 0 Å². The van der Waals surface area contributed by atoms with Crippen molar-refractivity contribution in [3.8, 4) is 33.4 Å². The molecule has 0 fully saturated rings. The number of rotatable bonds is 6. The lowest BCUT2D eigenvalue weighted by Crippen LogP contribution is -2.12. The molecule has 51 heavy (non-hydrogen) atoms. The highest BCUT2D eigenvalue weighted by molar-refractivity contribution is 7.26. The zero-order valence-corrected chi connectivity index (χ0v) is 29.3. The van der Waals surface area contributed by atoms with E-state index < -0.39 is 0 Å². The van der Waals surface area contributed by atoms with E-state index in [0.717, 1.165) is 11.4 Å². The van der Waals surface area contributed by atoms with Crippen molar-refractivity contribution in [2.45, 2.75) is 0 Å². The molecule has 0 aliphatic heterocycles. The van der Waals surface area contributed by atoms with Crippen molar-refractivity contribution in [1.82, 2.24) is 0 Å². The summed E-state index contributed by atoms with van der Waals surface area (Å²) in [6.07, 6.45) is 0. The number of nitrogens with zero attached hydrogens (tertiary/aromatic N) is 1. The topological polar surface area (TPSA) is 3.24 Å². The molecule has 0 unspecified atom stereocenters. The van der Waals surface area contributed by atoms with Crippen molar-refractivity contribution in [1.29, 1.82) is 0 Å². The Morgan fingerprint density at radius 3 is 1.65 bits per heavy atom. The summed E-state index contributed by atoms with van der Waals surface area (Å²) in [5.74, 6) is 0. The summed E-state index contributed by atoms with van der Waals surface area (Å²) in [7, 11) is 0. The molecule has 8 aromatic carbocycles. The molecule has 10 rings (SSSR count). The molecule has 0 bridgehead atoms. The summed E-state index contributed by atoms with van der Waals surface area (Å²) < 4.78 is 5.23. The Kier molecular flexibility index (Phi) is 7.26. The number of anilines is 3. The molecule has 2 heterocycles. The summed E-state index contributed by atoms with van der Waals surface area (Å²) in [6, 6.07) is 68.6. The van der Waals surface area contributed by atoms with Crippen LogP contribution < -0.4 is 4.90 Å². The third-order valence-electron chi connectivity index (χ3n) is 9.89. The summed E-state index contributed by atoms with van der Waals surface area (Å²) in [4.78, 5) is 2.50. The first-order valence-electron chi connectivity index (χ1n) is 17.3. The average molecular weight is 686 g/mol. The zero-order valence-electron chi connectivity index (χ0n) is 27.7. The van der Waals surface area contributed by atoms with Gasteiger partial charge in [0.05, 0.1) is 16.1 Å². The molecule has 10 aromatic rings. The Bertz CT molecular complexity index is 2850. The third kappa shape index (κ3) is 5.13. The van der Waals surface area contributed by atoms with Crippen molar-refractivity contribution in [3.63, 3.8) is 0 Å². The van der Waals surface area contributed by atoms with Gasteiger partial charge in [0.2, 0.25) is 0 Å². The maximum absolute atomic E-state index is 2.50. The van der Waals surface area contributed by atoms with Crippen LogP contribution in [0.3, 0.4) is 0 Å². The van der Waals surface area contributed by atoms with E-state index in [1.807, 2.05) is 22.7 Å². The number of thiophene rings is 2. The van der Waals surface area contributed by atoms with Crippen LogP contribution >= 0.6 is 22.7 Å². The average Bonchev–Trinajstić information content (AvgIpc) is 3.77. The highest BCUT2D eigenvalue weighted by atomic mass is 32.1. The van der Waals surface area contributed by atoms with E-state index in [1.54, 1.807) is 0 Å². The van der Waals surface area contributed by atoms with Crippen LogP contribution in [-0.2, 0) is 0 Å². The predicted molar refractivity (Wildman–Crippen MR) is 223 cm³/mol. The first kappa shape index (κ1) is 29.9. The fourth-order valence-electron chi connectivity index (χ4n) is 7.48. The van der Waals surface area contributed by atoms with Crippen LogP contribution in [0.1, 0.15) is 0 Å². The Morgan fingerprint density at radius 2 is 0.902 bits per heavy atom. The Labute approximate surface area is 304 Å². The van der Waals surface area contributed by atoms with Gasteiger partial charge in [0.15, 0.2) is 0 Å². The number of benzene rings is 8. The van der Waals surface area contributed by atoms with Crippen LogP contribution in [-0.4, -0.2) is 0 Å². The van der Waals surface area contributed by atoms with Crippen LogP contribution in [0, 0.1) is 0 Å². The Morgan fingerprint density at radius 1 is 0.333 bits per heavy atom. The fourth-order valence-corrected chi connectivity index (χ4v) is 9.80. The first-order chi connectivity index (χ1) is 25.3. The second-order valence-electron chi connectivity index (χ2n) is 12.9. The maximum Gasteiger partial charge on any atom is 0.0718 e. The van der Waals surface area contributed by atoms with Gasteiger partial charge >= 0.3 is 0 Å². The van der Waals surface area contributed by atoms with Gasteiger partial charge in [-0.3, -0.25) is 0 Å². The molecule has 0 radical (unpaired) electrons. The quantitative estimate of drug-likeness (QED) is 0.168. The van der Waals surface area contributed by atoms with Gasteiger partial charge in [-0.25, -0.2) is 0 Å². The Balaban J connectivity index is 1.22. The molecule has 0 aliphatic carbocycles. The van der Waals surface area contributed by atoms with Gasteiger partial charge in [-0.05, 0) is 64.7 Å².